The van der Waals surface area contributed by atoms with Gasteiger partial charge in [-0.3, -0.25) is 0 Å². The quantitative estimate of drug-likeness (QED) is 0.176. The van der Waals surface area contributed by atoms with E-state index >= 15 is 0 Å². The van der Waals surface area contributed by atoms with Gasteiger partial charge < -0.3 is 53.5 Å². The molecule has 0 amide bonds. The van der Waals surface area contributed by atoms with Gasteiger partial charge in [0.2, 0.25) is 0 Å². The summed E-state index contributed by atoms with van der Waals surface area (Å²) in [7, 11) is 0. The number of nitrogens with zero attached hydrogens (tertiary/aromatic N) is 8. The second-order valence-electron chi connectivity index (χ2n) is 39.9. The van der Waals surface area contributed by atoms with Gasteiger partial charge in [-0.15, -0.1) is 0 Å². The highest BCUT2D eigenvalue weighted by Gasteiger charge is 2.32. The van der Waals surface area contributed by atoms with E-state index in [1.807, 2.05) is 24.3 Å². The minimum absolute atomic E-state index is 0.894. The Balaban J connectivity index is 0.000000118. The molecule has 0 N–H and O–H groups in total. The van der Waals surface area contributed by atoms with Crippen molar-refractivity contribution in [3.8, 4) is 22.7 Å². The second-order valence-corrected chi connectivity index (χ2v) is 39.9. The summed E-state index contributed by atoms with van der Waals surface area (Å²) >= 11 is 0. The van der Waals surface area contributed by atoms with E-state index in [0.29, 0.717) is 0 Å². The van der Waals surface area contributed by atoms with Crippen LogP contribution < -0.4 is 0 Å². The molecule has 0 aliphatic heterocycles. The maximum atomic E-state index is 6.71. The third-order valence-corrected chi connectivity index (χ3v) is 33.2. The zero-order valence-corrected chi connectivity index (χ0v) is 76.5. The lowest BCUT2D eigenvalue weighted by atomic mass is 10.0. The van der Waals surface area contributed by atoms with Gasteiger partial charge in [-0.1, -0.05) is 267 Å². The number of rotatable bonds is 4. The number of aromatic nitrogens is 8. The number of fused-ring (bicyclic) bond motifs is 48. The molecule has 0 unspecified atom stereocenters. The number of hydrogen-bond acceptors (Lipinski definition) is 4. The molecule has 0 saturated heterocycles. The van der Waals surface area contributed by atoms with Crippen molar-refractivity contribution in [2.45, 2.75) is 0 Å². The highest BCUT2D eigenvalue weighted by molar-refractivity contribution is 6.36. The molecular weight excluding hydrogens is 1760 g/mol. The number of furan rings is 4. The van der Waals surface area contributed by atoms with Crippen LogP contribution in [0.5, 0.6) is 0 Å². The van der Waals surface area contributed by atoms with E-state index < -0.39 is 0 Å². The first-order valence-electron chi connectivity index (χ1n) is 49.5. The van der Waals surface area contributed by atoms with E-state index in [9.17, 15) is 0 Å². The van der Waals surface area contributed by atoms with Crippen LogP contribution in [0.4, 0.5) is 0 Å². The zero-order chi connectivity index (χ0) is 92.5. The maximum absolute atomic E-state index is 6.71. The Morgan fingerprint density at radius 3 is 0.528 bits per heavy atom. The molecule has 0 aliphatic carbocycles. The molecule has 12 heteroatoms. The summed E-state index contributed by atoms with van der Waals surface area (Å²) in [5.74, 6) is 0. The lowest BCUT2D eigenvalue weighted by Crippen LogP contribution is -1.94. The van der Waals surface area contributed by atoms with Crippen LogP contribution in [0.3, 0.4) is 0 Å². The molecule has 22 aromatic carbocycles. The predicted molar refractivity (Wildman–Crippen MR) is 598 cm³/mol. The van der Waals surface area contributed by atoms with Crippen molar-refractivity contribution in [2.24, 2.45) is 0 Å². The maximum Gasteiger partial charge on any atom is 0.159 e. The Morgan fingerprint density at radius 2 is 0.278 bits per heavy atom. The first-order valence-corrected chi connectivity index (χ1v) is 49.5. The van der Waals surface area contributed by atoms with Crippen molar-refractivity contribution in [1.29, 1.82) is 0 Å². The first-order chi connectivity index (χ1) is 71.5. The van der Waals surface area contributed by atoms with Crippen LogP contribution in [-0.4, -0.2) is 35.9 Å². The van der Waals surface area contributed by atoms with Crippen molar-refractivity contribution >= 4 is 327 Å². The molecule has 0 spiro atoms. The van der Waals surface area contributed by atoms with Crippen LogP contribution in [0.15, 0.2) is 430 Å². The zero-order valence-electron chi connectivity index (χ0n) is 76.5. The van der Waals surface area contributed by atoms with E-state index in [2.05, 4.69) is 424 Å². The molecule has 12 nitrogen and oxygen atoms in total. The van der Waals surface area contributed by atoms with Gasteiger partial charge in [0.05, 0.1) is 133 Å². The van der Waals surface area contributed by atoms with Crippen molar-refractivity contribution in [3.05, 3.63) is 413 Å². The van der Waals surface area contributed by atoms with Crippen LogP contribution >= 0.6 is 0 Å². The monoisotopic (exact) mass is 1830 g/mol. The SMILES string of the molecule is c1ccc2c(c1)oc1c(-n3c4ccccc4c4cc5c(cc43)c3cccc4c6cc7c(cc6n5c34)c3cccc4c5cc6c(cc5n7c43)c3ccccc3n6-c3cccc4c3oc3ccccc34)cccc12.c1ccc2c(c1)oc1c(-n3c4ccccc4c4cc5c6cccc7c8cc9c(cc8n(c5cc43)c76)c3cccc4c5cc6c7ccccc7n(-c7cccc8c7oc7ccccc78)c6cc5n9c34)cccc12. The Bertz CT molecular complexity index is 12000. The van der Waals surface area contributed by atoms with Gasteiger partial charge in [-0.05, 0) is 146 Å². The van der Waals surface area contributed by atoms with Crippen LogP contribution in [0, 0.1) is 0 Å². The van der Waals surface area contributed by atoms with Crippen LogP contribution in [-0.2, 0) is 0 Å². The lowest BCUT2D eigenvalue weighted by molar-refractivity contribution is 0.666. The minimum Gasteiger partial charge on any atom is -0.454 e. The molecule has 16 heterocycles. The van der Waals surface area contributed by atoms with E-state index in [0.717, 1.165) is 155 Å². The number of hydrogen-bond donors (Lipinski definition) is 0. The van der Waals surface area contributed by atoms with E-state index in [1.54, 1.807) is 0 Å². The number of benzene rings is 22. The van der Waals surface area contributed by atoms with Gasteiger partial charge in [-0.2, -0.15) is 0 Å². The lowest BCUT2D eigenvalue weighted by Gasteiger charge is -2.09. The van der Waals surface area contributed by atoms with Crippen LogP contribution in [0.1, 0.15) is 0 Å². The molecule has 0 radical (unpaired) electrons. The molecule has 144 heavy (non-hydrogen) atoms. The van der Waals surface area contributed by atoms with E-state index in [4.69, 9.17) is 17.7 Å². The summed E-state index contributed by atoms with van der Waals surface area (Å²) in [4.78, 5) is 0. The predicted octanol–water partition coefficient (Wildman–Crippen LogP) is 36.0. The fourth-order valence-electron chi connectivity index (χ4n) is 27.4. The van der Waals surface area contributed by atoms with Gasteiger partial charge in [0.15, 0.2) is 22.3 Å². The van der Waals surface area contributed by atoms with Gasteiger partial charge in [0.1, 0.15) is 22.3 Å². The molecule has 660 valence electrons. The molecular formula is C132H68N8O4. The molecule has 38 aromatic rings. The number of para-hydroxylation sites is 16. The minimum atomic E-state index is 0.894. The van der Waals surface area contributed by atoms with E-state index in [1.165, 1.54) is 195 Å². The average Bonchev–Trinajstić information content (AvgIpc) is 1.51. The highest BCUT2D eigenvalue weighted by Crippen LogP contribution is 2.54. The molecule has 16 aromatic heterocycles. The molecule has 0 bridgehead atoms. The Kier molecular flexibility index (Phi) is 13.1. The Hall–Kier alpha value is -19.6. The molecule has 0 saturated carbocycles. The van der Waals surface area contributed by atoms with Crippen molar-refractivity contribution in [2.75, 3.05) is 0 Å². The average molecular weight is 1830 g/mol. The van der Waals surface area contributed by atoms with Crippen LogP contribution in [0.2, 0.25) is 0 Å². The Labute approximate surface area is 810 Å². The fraction of sp³-hybridized carbons (Fsp3) is 0. The summed E-state index contributed by atoms with van der Waals surface area (Å²) in [6.45, 7) is 0. The molecule has 0 atom stereocenters. The first kappa shape index (κ1) is 73.7. The normalized spacial score (nSPS) is 13.0. The third-order valence-electron chi connectivity index (χ3n) is 33.2. The third kappa shape index (κ3) is 8.82. The standard InChI is InChI=1S/2C66H34N4O2/c1-5-23-51-35(13-1)45-29-57-47(31-55(45)67(51)53-25-11-21-43-37-15-3-7-27-61(37)71-65(43)53)39-17-9-19-41-49-34-60-50(33-59(49)69(57)63(39)41)42-20-10-18-40-48-32-56-46(30-58(48)70(60)64(40)42)36-14-2-6-24-52(36)68(56)54-26-12-22-44-38-16-4-8-28-62(38)72-66(44)54;1-5-23-51-35(13-1)45-29-47-39-17-9-19-41-49-32-56-50(31-55(49)69(63(39)41)59(47)33-57(45)67(51)53-25-11-21-43-37-15-3-7-27-61(37)71-65(43)53)42-20-10-18-40-48-30-46-36-14-2-6-24-52(36)68(58(46)34-60(48)70(56)64(40)42)54-26-12-22-44-38-16-4-8-28-62(38)72-66(44)54/h2*1-34H. The largest absolute Gasteiger partial charge is 0.454 e. The van der Waals surface area contributed by atoms with Crippen LogP contribution in [0.25, 0.3) is 350 Å². The van der Waals surface area contributed by atoms with E-state index in [-0.39, 0.29) is 0 Å². The van der Waals surface area contributed by atoms with Gasteiger partial charge in [0.25, 0.3) is 0 Å². The summed E-state index contributed by atoms with van der Waals surface area (Å²) < 4.78 is 46.6. The summed E-state index contributed by atoms with van der Waals surface area (Å²) in [6.07, 6.45) is 0. The van der Waals surface area contributed by atoms with Gasteiger partial charge >= 0.3 is 0 Å². The Morgan fingerprint density at radius 1 is 0.111 bits per heavy atom. The van der Waals surface area contributed by atoms with Crippen molar-refractivity contribution in [3.63, 3.8) is 0 Å². The smallest absolute Gasteiger partial charge is 0.159 e. The molecule has 0 aliphatic rings. The summed E-state index contributed by atoms with van der Waals surface area (Å²) in [5.41, 5.74) is 35.4. The topological polar surface area (TPSA) is 89.9 Å². The van der Waals surface area contributed by atoms with Crippen molar-refractivity contribution in [1.82, 2.24) is 35.9 Å². The van der Waals surface area contributed by atoms with Crippen molar-refractivity contribution < 1.29 is 17.7 Å². The molecule has 0 fully saturated rings. The fourth-order valence-corrected chi connectivity index (χ4v) is 27.4. The van der Waals surface area contributed by atoms with Gasteiger partial charge in [0, 0.05) is 172 Å². The summed E-state index contributed by atoms with van der Waals surface area (Å²) in [6, 6.07) is 152. The summed E-state index contributed by atoms with van der Waals surface area (Å²) in [5, 5.41) is 38.9. The molecule has 38 rings (SSSR count). The van der Waals surface area contributed by atoms with Gasteiger partial charge in [-0.25, -0.2) is 0 Å². The highest BCUT2D eigenvalue weighted by atomic mass is 16.3. The second kappa shape index (κ2) is 25.7.